The van der Waals surface area contributed by atoms with Crippen molar-refractivity contribution in [2.45, 2.75) is 12.5 Å². The molecule has 2 rings (SSSR count). The lowest BCUT2D eigenvalue weighted by molar-refractivity contribution is 0.396. The molecular weight excluding hydrogens is 294 g/mol. The van der Waals surface area contributed by atoms with Gasteiger partial charge in [-0.1, -0.05) is 22.0 Å². The first-order valence-electron chi connectivity index (χ1n) is 5.77. The van der Waals surface area contributed by atoms with Gasteiger partial charge in [0.2, 0.25) is 0 Å². The van der Waals surface area contributed by atoms with Crippen LogP contribution in [0.25, 0.3) is 0 Å². The van der Waals surface area contributed by atoms with E-state index in [0.717, 1.165) is 28.0 Å². The Kier molecular flexibility index (Phi) is 4.44. The van der Waals surface area contributed by atoms with Crippen LogP contribution in [0.4, 0.5) is 0 Å². The number of likely N-dealkylation sites (N-methyl/N-ethyl adjacent to an activating group) is 1. The summed E-state index contributed by atoms with van der Waals surface area (Å²) in [5, 5.41) is 3.30. The van der Waals surface area contributed by atoms with Crippen molar-refractivity contribution in [3.8, 4) is 5.75 Å². The molecular formula is C14H16BrNO2. The van der Waals surface area contributed by atoms with Gasteiger partial charge in [-0.3, -0.25) is 0 Å². The van der Waals surface area contributed by atoms with Crippen molar-refractivity contribution < 1.29 is 9.15 Å². The molecule has 0 saturated carbocycles. The molecule has 2 aromatic rings. The van der Waals surface area contributed by atoms with Crippen LogP contribution in [0.15, 0.2) is 45.5 Å². The zero-order chi connectivity index (χ0) is 13.0. The van der Waals surface area contributed by atoms with Crippen molar-refractivity contribution >= 4 is 15.9 Å². The van der Waals surface area contributed by atoms with Crippen LogP contribution in [0, 0.1) is 0 Å². The van der Waals surface area contributed by atoms with Crippen molar-refractivity contribution in [3.05, 3.63) is 52.4 Å². The molecule has 0 saturated heterocycles. The summed E-state index contributed by atoms with van der Waals surface area (Å²) in [6, 6.07) is 10.1. The second kappa shape index (κ2) is 6.07. The van der Waals surface area contributed by atoms with Gasteiger partial charge in [0.25, 0.3) is 0 Å². The van der Waals surface area contributed by atoms with Gasteiger partial charge in [0.15, 0.2) is 0 Å². The zero-order valence-electron chi connectivity index (χ0n) is 10.4. The van der Waals surface area contributed by atoms with E-state index >= 15 is 0 Å². The Labute approximate surface area is 115 Å². The summed E-state index contributed by atoms with van der Waals surface area (Å²) in [5.74, 6) is 1.83. The maximum absolute atomic E-state index is 5.43. The Balaban J connectivity index is 2.26. The smallest absolute Gasteiger partial charge is 0.124 e. The SMILES string of the molecule is CNC(Cc1ccco1)c1ccc(Br)cc1OC. The van der Waals surface area contributed by atoms with Gasteiger partial charge < -0.3 is 14.5 Å². The average molecular weight is 310 g/mol. The molecule has 1 aromatic heterocycles. The normalized spacial score (nSPS) is 12.4. The number of hydrogen-bond acceptors (Lipinski definition) is 3. The highest BCUT2D eigenvalue weighted by Gasteiger charge is 2.16. The van der Waals surface area contributed by atoms with Crippen LogP contribution in [0.5, 0.6) is 5.75 Å². The fourth-order valence-electron chi connectivity index (χ4n) is 1.97. The number of halogens is 1. The number of ether oxygens (including phenoxy) is 1. The van der Waals surface area contributed by atoms with Crippen molar-refractivity contribution in [2.24, 2.45) is 0 Å². The van der Waals surface area contributed by atoms with Crippen molar-refractivity contribution in [1.82, 2.24) is 5.32 Å². The predicted octanol–water partition coefficient (Wildman–Crippen LogP) is 3.55. The molecule has 1 atom stereocenters. The van der Waals surface area contributed by atoms with Gasteiger partial charge in [-0.2, -0.15) is 0 Å². The third-order valence-electron chi connectivity index (χ3n) is 2.90. The van der Waals surface area contributed by atoms with E-state index in [1.165, 1.54) is 0 Å². The van der Waals surface area contributed by atoms with Crippen LogP contribution < -0.4 is 10.1 Å². The fraction of sp³-hybridized carbons (Fsp3) is 0.286. The van der Waals surface area contributed by atoms with Gasteiger partial charge >= 0.3 is 0 Å². The fourth-order valence-corrected chi connectivity index (χ4v) is 2.31. The quantitative estimate of drug-likeness (QED) is 0.917. The first-order valence-corrected chi connectivity index (χ1v) is 6.57. The van der Waals surface area contributed by atoms with E-state index in [2.05, 4.69) is 27.3 Å². The number of methoxy groups -OCH3 is 1. The summed E-state index contributed by atoms with van der Waals surface area (Å²) < 4.78 is 11.8. The lowest BCUT2D eigenvalue weighted by Crippen LogP contribution is -2.19. The van der Waals surface area contributed by atoms with Crippen molar-refractivity contribution in [2.75, 3.05) is 14.2 Å². The molecule has 0 aliphatic carbocycles. The number of benzene rings is 1. The van der Waals surface area contributed by atoms with E-state index in [0.29, 0.717) is 0 Å². The van der Waals surface area contributed by atoms with Crippen LogP contribution in [-0.4, -0.2) is 14.2 Å². The second-order valence-electron chi connectivity index (χ2n) is 4.01. The summed E-state index contributed by atoms with van der Waals surface area (Å²) in [4.78, 5) is 0. The number of hydrogen-bond donors (Lipinski definition) is 1. The Morgan fingerprint density at radius 2 is 2.22 bits per heavy atom. The van der Waals surface area contributed by atoms with Crippen LogP contribution in [0.3, 0.4) is 0 Å². The van der Waals surface area contributed by atoms with Gasteiger partial charge in [-0.25, -0.2) is 0 Å². The largest absolute Gasteiger partial charge is 0.496 e. The maximum Gasteiger partial charge on any atom is 0.124 e. The summed E-state index contributed by atoms with van der Waals surface area (Å²) in [6.07, 6.45) is 2.49. The maximum atomic E-state index is 5.43. The summed E-state index contributed by atoms with van der Waals surface area (Å²) in [7, 11) is 3.62. The van der Waals surface area contributed by atoms with E-state index in [4.69, 9.17) is 9.15 Å². The van der Waals surface area contributed by atoms with Crippen LogP contribution in [0.2, 0.25) is 0 Å². The van der Waals surface area contributed by atoms with Crippen molar-refractivity contribution in [3.63, 3.8) is 0 Å². The second-order valence-corrected chi connectivity index (χ2v) is 4.93. The molecule has 1 unspecified atom stereocenters. The molecule has 1 aromatic carbocycles. The lowest BCUT2D eigenvalue weighted by Gasteiger charge is -2.18. The highest BCUT2D eigenvalue weighted by molar-refractivity contribution is 9.10. The molecule has 1 heterocycles. The van der Waals surface area contributed by atoms with E-state index in [1.54, 1.807) is 13.4 Å². The van der Waals surface area contributed by atoms with E-state index in [-0.39, 0.29) is 6.04 Å². The summed E-state index contributed by atoms with van der Waals surface area (Å²) >= 11 is 3.45. The minimum absolute atomic E-state index is 0.166. The van der Waals surface area contributed by atoms with Crippen LogP contribution in [0.1, 0.15) is 17.4 Å². The Bertz CT molecular complexity index is 497. The molecule has 0 aliphatic heterocycles. The minimum atomic E-state index is 0.166. The van der Waals surface area contributed by atoms with E-state index in [1.807, 2.05) is 31.3 Å². The van der Waals surface area contributed by atoms with E-state index < -0.39 is 0 Å². The molecule has 4 heteroatoms. The molecule has 0 aliphatic rings. The molecule has 18 heavy (non-hydrogen) atoms. The van der Waals surface area contributed by atoms with Crippen LogP contribution >= 0.6 is 15.9 Å². The number of furan rings is 1. The molecule has 0 spiro atoms. The molecule has 1 N–H and O–H groups in total. The molecule has 96 valence electrons. The highest BCUT2D eigenvalue weighted by atomic mass is 79.9. The molecule has 0 radical (unpaired) electrons. The molecule has 0 bridgehead atoms. The predicted molar refractivity (Wildman–Crippen MR) is 74.9 cm³/mol. The third kappa shape index (κ3) is 2.94. The van der Waals surface area contributed by atoms with Gasteiger partial charge in [-0.15, -0.1) is 0 Å². The zero-order valence-corrected chi connectivity index (χ0v) is 12.0. The Hall–Kier alpha value is -1.26. The number of nitrogens with one attached hydrogen (secondary N) is 1. The monoisotopic (exact) mass is 309 g/mol. The minimum Gasteiger partial charge on any atom is -0.496 e. The van der Waals surface area contributed by atoms with Gasteiger partial charge in [-0.05, 0) is 31.3 Å². The van der Waals surface area contributed by atoms with Gasteiger partial charge in [0.1, 0.15) is 11.5 Å². The highest BCUT2D eigenvalue weighted by Crippen LogP contribution is 2.30. The van der Waals surface area contributed by atoms with Gasteiger partial charge in [0, 0.05) is 22.5 Å². The summed E-state index contributed by atoms with van der Waals surface area (Å²) in [5.41, 5.74) is 1.12. The molecule has 0 amide bonds. The van der Waals surface area contributed by atoms with E-state index in [9.17, 15) is 0 Å². The first-order chi connectivity index (χ1) is 8.74. The topological polar surface area (TPSA) is 34.4 Å². The molecule has 0 fully saturated rings. The Morgan fingerprint density at radius 3 is 2.83 bits per heavy atom. The molecule has 3 nitrogen and oxygen atoms in total. The lowest BCUT2D eigenvalue weighted by atomic mass is 10.0. The third-order valence-corrected chi connectivity index (χ3v) is 3.40. The standard InChI is InChI=1S/C14H16BrNO2/c1-16-13(9-11-4-3-7-18-11)12-6-5-10(15)8-14(12)17-2/h3-8,13,16H,9H2,1-2H3. The Morgan fingerprint density at radius 1 is 1.39 bits per heavy atom. The van der Waals surface area contributed by atoms with Gasteiger partial charge in [0.05, 0.1) is 13.4 Å². The first kappa shape index (κ1) is 13.2. The number of rotatable bonds is 5. The average Bonchev–Trinajstić information content (AvgIpc) is 2.89. The summed E-state index contributed by atoms with van der Waals surface area (Å²) in [6.45, 7) is 0. The van der Waals surface area contributed by atoms with Crippen LogP contribution in [-0.2, 0) is 6.42 Å². The van der Waals surface area contributed by atoms with Crippen molar-refractivity contribution in [1.29, 1.82) is 0 Å².